The number of amides is 2. The zero-order valence-electron chi connectivity index (χ0n) is 13.9. The monoisotopic (exact) mass is 308 g/mol. The lowest BCUT2D eigenvalue weighted by Gasteiger charge is -2.40. The van der Waals surface area contributed by atoms with Gasteiger partial charge in [0.25, 0.3) is 0 Å². The van der Waals surface area contributed by atoms with E-state index in [-0.39, 0.29) is 23.4 Å². The lowest BCUT2D eigenvalue weighted by molar-refractivity contribution is -0.125. The Labute approximate surface area is 132 Å². The van der Waals surface area contributed by atoms with Crippen LogP contribution in [-0.4, -0.2) is 36.6 Å². The molecule has 5 heteroatoms. The Morgan fingerprint density at radius 1 is 1.18 bits per heavy atom. The summed E-state index contributed by atoms with van der Waals surface area (Å²) in [7, 11) is 0. The molecule has 124 valence electrons. The van der Waals surface area contributed by atoms with Crippen LogP contribution in [0.25, 0.3) is 0 Å². The van der Waals surface area contributed by atoms with E-state index in [2.05, 4.69) is 37.5 Å². The zero-order valence-corrected chi connectivity index (χ0v) is 13.9. The summed E-state index contributed by atoms with van der Waals surface area (Å²) in [4.78, 5) is 24.1. The third-order valence-corrected chi connectivity index (χ3v) is 4.78. The van der Waals surface area contributed by atoms with Crippen molar-refractivity contribution >= 4 is 11.8 Å². The highest BCUT2D eigenvalue weighted by Crippen LogP contribution is 2.32. The van der Waals surface area contributed by atoms with Gasteiger partial charge >= 0.3 is 0 Å². The van der Waals surface area contributed by atoms with Crippen molar-refractivity contribution < 1.29 is 14.3 Å². The maximum atomic E-state index is 12.1. The molecule has 2 bridgehead atoms. The van der Waals surface area contributed by atoms with Crippen molar-refractivity contribution in [2.24, 2.45) is 5.92 Å². The van der Waals surface area contributed by atoms with Crippen LogP contribution in [0.2, 0.25) is 0 Å². The van der Waals surface area contributed by atoms with Crippen molar-refractivity contribution in [1.82, 2.24) is 10.6 Å². The van der Waals surface area contributed by atoms with Gasteiger partial charge in [-0.25, -0.2) is 0 Å². The van der Waals surface area contributed by atoms with E-state index in [1.165, 1.54) is 5.57 Å². The number of hydrogen-bond acceptors (Lipinski definition) is 3. The van der Waals surface area contributed by atoms with Crippen LogP contribution in [0.3, 0.4) is 0 Å². The van der Waals surface area contributed by atoms with E-state index in [9.17, 15) is 9.59 Å². The van der Waals surface area contributed by atoms with Gasteiger partial charge in [0.05, 0.1) is 12.6 Å². The Morgan fingerprint density at radius 2 is 1.95 bits per heavy atom. The molecule has 5 nitrogen and oxygen atoms in total. The average molecular weight is 308 g/mol. The number of nitrogens with one attached hydrogen (secondary N) is 2. The van der Waals surface area contributed by atoms with Crippen molar-refractivity contribution in [3.8, 4) is 0 Å². The predicted molar refractivity (Wildman–Crippen MR) is 85.3 cm³/mol. The molecule has 1 aliphatic heterocycles. The molecule has 0 spiro atoms. The minimum atomic E-state index is -0.276. The molecular weight excluding hydrogens is 280 g/mol. The lowest BCUT2D eigenvalue weighted by atomic mass is 9.75. The number of fused-ring (bicyclic) bond motifs is 2. The minimum Gasteiger partial charge on any atom is -0.381 e. The first-order valence-corrected chi connectivity index (χ1v) is 8.23. The van der Waals surface area contributed by atoms with Gasteiger partial charge in [0.1, 0.15) is 0 Å². The normalized spacial score (nSPS) is 30.6. The molecule has 2 amide bonds. The first-order chi connectivity index (χ1) is 10.4. The van der Waals surface area contributed by atoms with E-state index >= 15 is 0 Å². The van der Waals surface area contributed by atoms with Crippen molar-refractivity contribution in [2.75, 3.05) is 13.2 Å². The summed E-state index contributed by atoms with van der Waals surface area (Å²) in [5.74, 6) is 0.444. The first-order valence-electron chi connectivity index (χ1n) is 8.23. The molecule has 22 heavy (non-hydrogen) atoms. The molecule has 1 aliphatic carbocycles. The van der Waals surface area contributed by atoms with Crippen LogP contribution < -0.4 is 10.6 Å². The van der Waals surface area contributed by atoms with Crippen LogP contribution in [0.5, 0.6) is 0 Å². The van der Waals surface area contributed by atoms with Gasteiger partial charge in [0.2, 0.25) is 11.8 Å². The summed E-state index contributed by atoms with van der Waals surface area (Å²) >= 11 is 0. The highest BCUT2D eigenvalue weighted by molar-refractivity contribution is 5.77. The second kappa shape index (κ2) is 7.27. The maximum Gasteiger partial charge on any atom is 0.222 e. The van der Waals surface area contributed by atoms with E-state index < -0.39 is 0 Å². The Hall–Kier alpha value is -1.36. The fourth-order valence-corrected chi connectivity index (χ4v) is 3.19. The first kappa shape index (κ1) is 17.0. The maximum absolute atomic E-state index is 12.1. The van der Waals surface area contributed by atoms with Gasteiger partial charge in [-0.3, -0.25) is 9.59 Å². The van der Waals surface area contributed by atoms with Gasteiger partial charge in [-0.15, -0.1) is 0 Å². The summed E-state index contributed by atoms with van der Waals surface area (Å²) in [5, 5.41) is 6.26. The standard InChI is InChI=1S/C17H28N2O3/c1-12-6-7-13-11-14(12)18-15(20)8-10-22-9-4-5-16(21)19-17(13,2)3/h6,13-14H,4-5,7-11H2,1-3H3,(H,18,20)(H,19,21)/t13-,14-/m1/s1. The van der Waals surface area contributed by atoms with Gasteiger partial charge < -0.3 is 15.4 Å². The number of rotatable bonds is 0. The quantitative estimate of drug-likeness (QED) is 0.672. The molecule has 1 fully saturated rings. The van der Waals surface area contributed by atoms with Crippen molar-refractivity contribution in [3.63, 3.8) is 0 Å². The Morgan fingerprint density at radius 3 is 2.73 bits per heavy atom. The SMILES string of the molecule is CC1=CC[C@@H]2C[C@H]1NC(=O)CCOCCCC(=O)NC2(C)C. The number of carbonyl (C=O) groups is 2. The Kier molecular flexibility index (Phi) is 5.62. The van der Waals surface area contributed by atoms with Crippen LogP contribution in [0.1, 0.15) is 52.9 Å². The Balaban J connectivity index is 2.13. The van der Waals surface area contributed by atoms with E-state index in [0.29, 0.717) is 38.4 Å². The van der Waals surface area contributed by atoms with Crippen LogP contribution in [0.15, 0.2) is 11.6 Å². The smallest absolute Gasteiger partial charge is 0.222 e. The fraction of sp³-hybridized carbons (Fsp3) is 0.765. The van der Waals surface area contributed by atoms with Gasteiger partial charge in [0.15, 0.2) is 0 Å². The van der Waals surface area contributed by atoms with E-state index in [1.54, 1.807) is 0 Å². The third-order valence-electron chi connectivity index (χ3n) is 4.78. The van der Waals surface area contributed by atoms with E-state index in [1.807, 2.05) is 0 Å². The number of ether oxygens (including phenoxy) is 1. The summed E-state index contributed by atoms with van der Waals surface area (Å²) in [6, 6.07) is 0.0605. The van der Waals surface area contributed by atoms with Crippen LogP contribution in [-0.2, 0) is 14.3 Å². The van der Waals surface area contributed by atoms with Gasteiger partial charge in [0, 0.05) is 25.0 Å². The number of hydrogen-bond donors (Lipinski definition) is 2. The molecule has 0 aromatic rings. The third kappa shape index (κ3) is 4.57. The molecule has 2 N–H and O–H groups in total. The number of carbonyl (C=O) groups excluding carboxylic acids is 2. The summed E-state index contributed by atoms with van der Waals surface area (Å²) in [5.41, 5.74) is 0.933. The second-order valence-corrected chi connectivity index (χ2v) is 6.97. The van der Waals surface area contributed by atoms with Crippen molar-refractivity contribution in [2.45, 2.75) is 64.5 Å². The largest absolute Gasteiger partial charge is 0.381 e. The minimum absolute atomic E-state index is 0.0392. The molecule has 2 atom stereocenters. The summed E-state index contributed by atoms with van der Waals surface area (Å²) < 4.78 is 5.42. The predicted octanol–water partition coefficient (Wildman–Crippen LogP) is 1.92. The molecule has 1 saturated heterocycles. The lowest BCUT2D eigenvalue weighted by Crippen LogP contribution is -2.52. The highest BCUT2D eigenvalue weighted by Gasteiger charge is 2.35. The van der Waals surface area contributed by atoms with Crippen molar-refractivity contribution in [1.29, 1.82) is 0 Å². The fourth-order valence-electron chi connectivity index (χ4n) is 3.19. The Bertz CT molecular complexity index is 457. The molecular formula is C17H28N2O3. The van der Waals surface area contributed by atoms with Crippen LogP contribution in [0.4, 0.5) is 0 Å². The van der Waals surface area contributed by atoms with Crippen LogP contribution in [0, 0.1) is 5.92 Å². The molecule has 0 radical (unpaired) electrons. The molecule has 2 rings (SSSR count). The summed E-state index contributed by atoms with van der Waals surface area (Å²) in [6.07, 6.45) is 5.53. The molecule has 0 aromatic heterocycles. The highest BCUT2D eigenvalue weighted by atomic mass is 16.5. The molecule has 2 aliphatic rings. The second-order valence-electron chi connectivity index (χ2n) is 6.97. The van der Waals surface area contributed by atoms with Gasteiger partial charge in [-0.05, 0) is 46.0 Å². The summed E-state index contributed by atoms with van der Waals surface area (Å²) in [6.45, 7) is 7.15. The van der Waals surface area contributed by atoms with Gasteiger partial charge in [-0.1, -0.05) is 11.6 Å². The van der Waals surface area contributed by atoms with Crippen molar-refractivity contribution in [3.05, 3.63) is 11.6 Å². The van der Waals surface area contributed by atoms with E-state index in [0.717, 1.165) is 12.8 Å². The molecule has 0 saturated carbocycles. The molecule has 1 heterocycles. The van der Waals surface area contributed by atoms with Crippen LogP contribution >= 0.6 is 0 Å². The topological polar surface area (TPSA) is 67.4 Å². The average Bonchev–Trinajstić information content (AvgIpc) is 2.43. The number of allylic oxidation sites excluding steroid dienone is 1. The van der Waals surface area contributed by atoms with E-state index in [4.69, 9.17) is 4.74 Å². The molecule has 0 aromatic carbocycles. The van der Waals surface area contributed by atoms with Gasteiger partial charge in [-0.2, -0.15) is 0 Å². The molecule has 0 unspecified atom stereocenters. The zero-order chi connectivity index (χ0) is 16.2.